The van der Waals surface area contributed by atoms with Crippen molar-refractivity contribution in [3.8, 4) is 0 Å². The summed E-state index contributed by atoms with van der Waals surface area (Å²) in [7, 11) is 0. The standard InChI is InChI=1S/C10H13N.C9H13N/c1-2-6-9(5-1)10-7-3-4-8-11-10;1-3-5-9-6-4-7-10-8(9)2/h3-4,7-9H,1-2,5-6H2;4,6-7H,3,5H2,1-2H3. The molecule has 0 spiro atoms. The first-order chi connectivity index (χ1) is 10.3. The van der Waals surface area contributed by atoms with Crippen LogP contribution in [0.15, 0.2) is 42.7 Å². The highest BCUT2D eigenvalue weighted by molar-refractivity contribution is 5.17. The molecule has 1 fully saturated rings. The molecule has 0 aliphatic heterocycles. The van der Waals surface area contributed by atoms with Crippen molar-refractivity contribution in [3.63, 3.8) is 0 Å². The molecule has 1 aliphatic rings. The number of hydrogen-bond acceptors (Lipinski definition) is 2. The van der Waals surface area contributed by atoms with Crippen LogP contribution in [0.4, 0.5) is 0 Å². The minimum absolute atomic E-state index is 0.760. The van der Waals surface area contributed by atoms with Gasteiger partial charge in [-0.2, -0.15) is 0 Å². The number of pyridine rings is 2. The minimum atomic E-state index is 0.760. The van der Waals surface area contributed by atoms with E-state index in [0.717, 1.165) is 12.3 Å². The molecule has 3 rings (SSSR count). The molecule has 112 valence electrons. The Morgan fingerprint density at radius 2 is 1.76 bits per heavy atom. The normalized spacial score (nSPS) is 14.6. The van der Waals surface area contributed by atoms with E-state index in [9.17, 15) is 0 Å². The molecule has 2 heteroatoms. The lowest BCUT2D eigenvalue weighted by atomic mass is 10.0. The van der Waals surface area contributed by atoms with E-state index in [-0.39, 0.29) is 0 Å². The maximum absolute atomic E-state index is 4.36. The highest BCUT2D eigenvalue weighted by Gasteiger charge is 2.17. The Morgan fingerprint density at radius 3 is 2.38 bits per heavy atom. The van der Waals surface area contributed by atoms with Crippen LogP contribution in [0.3, 0.4) is 0 Å². The van der Waals surface area contributed by atoms with Crippen LogP contribution in [-0.2, 0) is 6.42 Å². The molecule has 0 N–H and O–H groups in total. The third-order valence-corrected chi connectivity index (χ3v) is 4.10. The van der Waals surface area contributed by atoms with Crippen LogP contribution in [0.1, 0.15) is 61.9 Å². The van der Waals surface area contributed by atoms with Crippen molar-refractivity contribution in [3.05, 3.63) is 59.7 Å². The maximum atomic E-state index is 4.36. The molecule has 1 saturated carbocycles. The summed E-state index contributed by atoms with van der Waals surface area (Å²) in [6, 6.07) is 10.4. The molecule has 2 aromatic heterocycles. The SMILES string of the molecule is CCCc1cccnc1C.c1ccc(C2CCCC2)nc1. The van der Waals surface area contributed by atoms with Crippen molar-refractivity contribution in [2.45, 2.75) is 58.3 Å². The second-order valence-corrected chi connectivity index (χ2v) is 5.73. The second-order valence-electron chi connectivity index (χ2n) is 5.73. The molecule has 0 saturated heterocycles. The van der Waals surface area contributed by atoms with Crippen LogP contribution in [0.2, 0.25) is 0 Å². The third kappa shape index (κ3) is 4.96. The Morgan fingerprint density at radius 1 is 1.00 bits per heavy atom. The fraction of sp³-hybridized carbons (Fsp3) is 0.474. The Balaban J connectivity index is 0.000000155. The van der Waals surface area contributed by atoms with Gasteiger partial charge in [0.05, 0.1) is 0 Å². The lowest BCUT2D eigenvalue weighted by Gasteiger charge is -2.05. The predicted molar refractivity (Wildman–Crippen MR) is 88.4 cm³/mol. The molecule has 2 aromatic rings. The van der Waals surface area contributed by atoms with Gasteiger partial charge in [-0.15, -0.1) is 0 Å². The van der Waals surface area contributed by atoms with Crippen LogP contribution >= 0.6 is 0 Å². The van der Waals surface area contributed by atoms with E-state index in [4.69, 9.17) is 0 Å². The van der Waals surface area contributed by atoms with Crippen molar-refractivity contribution >= 4 is 0 Å². The van der Waals surface area contributed by atoms with Gasteiger partial charge in [-0.1, -0.05) is 38.3 Å². The van der Waals surface area contributed by atoms with Crippen molar-refractivity contribution in [2.75, 3.05) is 0 Å². The zero-order chi connectivity index (χ0) is 14.9. The van der Waals surface area contributed by atoms with E-state index in [1.54, 1.807) is 0 Å². The first kappa shape index (κ1) is 15.7. The molecule has 2 nitrogen and oxygen atoms in total. The van der Waals surface area contributed by atoms with Crippen LogP contribution < -0.4 is 0 Å². The number of rotatable bonds is 3. The number of aromatic nitrogens is 2. The predicted octanol–water partition coefficient (Wildman–Crippen LogP) is 5.08. The summed E-state index contributed by atoms with van der Waals surface area (Å²) in [6.45, 7) is 4.25. The lowest BCUT2D eigenvalue weighted by Crippen LogP contribution is -1.94. The fourth-order valence-electron chi connectivity index (χ4n) is 2.89. The van der Waals surface area contributed by atoms with Gasteiger partial charge in [-0.05, 0) is 49.9 Å². The highest BCUT2D eigenvalue weighted by Crippen LogP contribution is 2.32. The summed E-state index contributed by atoms with van der Waals surface area (Å²) in [4.78, 5) is 8.56. The summed E-state index contributed by atoms with van der Waals surface area (Å²) in [5, 5.41) is 0. The summed E-state index contributed by atoms with van der Waals surface area (Å²) in [5.41, 5.74) is 3.85. The quantitative estimate of drug-likeness (QED) is 0.784. The van der Waals surface area contributed by atoms with Gasteiger partial charge in [0, 0.05) is 29.7 Å². The van der Waals surface area contributed by atoms with Crippen molar-refractivity contribution in [1.82, 2.24) is 9.97 Å². The monoisotopic (exact) mass is 282 g/mol. The zero-order valence-electron chi connectivity index (χ0n) is 13.3. The van der Waals surface area contributed by atoms with E-state index in [1.807, 2.05) is 24.5 Å². The first-order valence-corrected chi connectivity index (χ1v) is 8.12. The molecule has 0 bridgehead atoms. The van der Waals surface area contributed by atoms with E-state index in [1.165, 1.54) is 49.1 Å². The largest absolute Gasteiger partial charge is 0.261 e. The second kappa shape index (κ2) is 8.56. The maximum Gasteiger partial charge on any atom is 0.0434 e. The van der Waals surface area contributed by atoms with Crippen LogP contribution in [0.25, 0.3) is 0 Å². The van der Waals surface area contributed by atoms with Crippen molar-refractivity contribution < 1.29 is 0 Å². The van der Waals surface area contributed by atoms with Gasteiger partial charge >= 0.3 is 0 Å². The van der Waals surface area contributed by atoms with Gasteiger partial charge in [-0.25, -0.2) is 0 Å². The zero-order valence-corrected chi connectivity index (χ0v) is 13.3. The van der Waals surface area contributed by atoms with E-state index in [0.29, 0.717) is 0 Å². The summed E-state index contributed by atoms with van der Waals surface area (Å²) >= 11 is 0. The van der Waals surface area contributed by atoms with E-state index >= 15 is 0 Å². The van der Waals surface area contributed by atoms with E-state index in [2.05, 4.69) is 42.0 Å². The highest BCUT2D eigenvalue weighted by atomic mass is 14.7. The Hall–Kier alpha value is -1.70. The van der Waals surface area contributed by atoms with Gasteiger partial charge in [0.15, 0.2) is 0 Å². The summed E-state index contributed by atoms with van der Waals surface area (Å²) in [6.07, 6.45) is 11.6. The molecule has 0 amide bonds. The van der Waals surface area contributed by atoms with E-state index < -0.39 is 0 Å². The van der Waals surface area contributed by atoms with Crippen LogP contribution in [-0.4, -0.2) is 9.97 Å². The first-order valence-electron chi connectivity index (χ1n) is 8.12. The Bertz CT molecular complexity index is 516. The minimum Gasteiger partial charge on any atom is -0.261 e. The lowest BCUT2D eigenvalue weighted by molar-refractivity contribution is 0.697. The van der Waals surface area contributed by atoms with Crippen LogP contribution in [0.5, 0.6) is 0 Å². The molecule has 0 unspecified atom stereocenters. The fourth-order valence-corrected chi connectivity index (χ4v) is 2.89. The molecule has 1 aliphatic carbocycles. The summed E-state index contributed by atoms with van der Waals surface area (Å²) < 4.78 is 0. The smallest absolute Gasteiger partial charge is 0.0434 e. The van der Waals surface area contributed by atoms with Crippen molar-refractivity contribution in [1.29, 1.82) is 0 Å². The molecular formula is C19H26N2. The van der Waals surface area contributed by atoms with Gasteiger partial charge in [0.1, 0.15) is 0 Å². The molecule has 0 radical (unpaired) electrons. The Labute approximate surface area is 128 Å². The average molecular weight is 282 g/mol. The summed E-state index contributed by atoms with van der Waals surface area (Å²) in [5.74, 6) is 0.760. The van der Waals surface area contributed by atoms with Gasteiger partial charge in [0.25, 0.3) is 0 Å². The topological polar surface area (TPSA) is 25.8 Å². The molecular weight excluding hydrogens is 256 g/mol. The molecule has 21 heavy (non-hydrogen) atoms. The average Bonchev–Trinajstić information content (AvgIpc) is 3.06. The third-order valence-electron chi connectivity index (χ3n) is 4.10. The van der Waals surface area contributed by atoms with Gasteiger partial charge in [0.2, 0.25) is 0 Å². The van der Waals surface area contributed by atoms with Gasteiger partial charge < -0.3 is 0 Å². The molecule has 2 heterocycles. The van der Waals surface area contributed by atoms with Gasteiger partial charge in [-0.3, -0.25) is 9.97 Å². The van der Waals surface area contributed by atoms with Crippen molar-refractivity contribution in [2.24, 2.45) is 0 Å². The number of hydrogen-bond donors (Lipinski definition) is 0. The Kier molecular flexibility index (Phi) is 6.39. The molecule has 0 aromatic carbocycles. The number of aryl methyl sites for hydroxylation is 2. The molecule has 0 atom stereocenters. The van der Waals surface area contributed by atoms with Crippen LogP contribution in [0, 0.1) is 6.92 Å². The number of nitrogens with zero attached hydrogens (tertiary/aromatic N) is 2.